The zero-order chi connectivity index (χ0) is 15.6. The Kier molecular flexibility index (Phi) is 4.72. The third kappa shape index (κ3) is 3.85. The molecule has 2 aromatic rings. The van der Waals surface area contributed by atoms with Gasteiger partial charge >= 0.3 is 0 Å². The number of benzene rings is 1. The van der Waals surface area contributed by atoms with Crippen LogP contribution in [0, 0.1) is 0 Å². The van der Waals surface area contributed by atoms with Gasteiger partial charge in [-0.05, 0) is 12.1 Å². The standard InChI is InChI=1S/C11H13Cl2N5O2S/c1-18-6-15-10(17-18)2-3-16-21(19,20)11-8(12)4-7(14)5-9(11)13/h4-6,16H,2-3,14H2,1H3. The first-order chi connectivity index (χ1) is 9.79. The first-order valence-corrected chi connectivity index (χ1v) is 8.12. The number of rotatable bonds is 5. The van der Waals surface area contributed by atoms with Crippen LogP contribution in [0.2, 0.25) is 10.0 Å². The van der Waals surface area contributed by atoms with Crippen LogP contribution in [0.4, 0.5) is 5.69 Å². The summed E-state index contributed by atoms with van der Waals surface area (Å²) >= 11 is 11.8. The zero-order valence-electron chi connectivity index (χ0n) is 11.0. The smallest absolute Gasteiger partial charge is 0.243 e. The van der Waals surface area contributed by atoms with E-state index < -0.39 is 10.0 Å². The van der Waals surface area contributed by atoms with Crippen LogP contribution in [0.15, 0.2) is 23.4 Å². The molecule has 0 saturated heterocycles. The van der Waals surface area contributed by atoms with Gasteiger partial charge in [0, 0.05) is 25.7 Å². The van der Waals surface area contributed by atoms with Crippen LogP contribution in [-0.4, -0.2) is 29.7 Å². The quantitative estimate of drug-likeness (QED) is 0.790. The Hall–Kier alpha value is -1.35. The van der Waals surface area contributed by atoms with Gasteiger partial charge in [0.05, 0.1) is 10.0 Å². The van der Waals surface area contributed by atoms with Crippen molar-refractivity contribution >= 4 is 38.9 Å². The van der Waals surface area contributed by atoms with Crippen molar-refractivity contribution in [1.82, 2.24) is 19.5 Å². The lowest BCUT2D eigenvalue weighted by atomic mass is 10.3. The summed E-state index contributed by atoms with van der Waals surface area (Å²) in [6.45, 7) is 0.128. The minimum absolute atomic E-state index is 0.0246. The van der Waals surface area contributed by atoms with Gasteiger partial charge in [0.25, 0.3) is 0 Å². The number of aromatic nitrogens is 3. The maximum atomic E-state index is 12.2. The molecule has 0 bridgehead atoms. The van der Waals surface area contributed by atoms with E-state index in [1.807, 2.05) is 0 Å². The topological polar surface area (TPSA) is 103 Å². The molecule has 1 aromatic heterocycles. The van der Waals surface area contributed by atoms with Crippen molar-refractivity contribution in [1.29, 1.82) is 0 Å². The molecule has 0 aliphatic rings. The number of nitrogens with two attached hydrogens (primary N) is 1. The van der Waals surface area contributed by atoms with E-state index in [4.69, 9.17) is 28.9 Å². The predicted molar refractivity (Wildman–Crippen MR) is 80.8 cm³/mol. The second kappa shape index (κ2) is 6.18. The molecule has 114 valence electrons. The summed E-state index contributed by atoms with van der Waals surface area (Å²) in [5, 5.41) is 4.00. The number of sulfonamides is 1. The molecule has 0 fully saturated rings. The van der Waals surface area contributed by atoms with Crippen LogP contribution in [-0.2, 0) is 23.5 Å². The van der Waals surface area contributed by atoms with Crippen LogP contribution in [0.1, 0.15) is 5.82 Å². The summed E-state index contributed by atoms with van der Waals surface area (Å²) in [6.07, 6.45) is 1.89. The second-order valence-corrected chi connectivity index (χ2v) is 6.81. The molecule has 0 saturated carbocycles. The fraction of sp³-hybridized carbons (Fsp3) is 0.273. The van der Waals surface area contributed by atoms with Gasteiger partial charge in [-0.15, -0.1) is 0 Å². The van der Waals surface area contributed by atoms with Gasteiger partial charge in [-0.3, -0.25) is 4.68 Å². The number of nitrogen functional groups attached to an aromatic ring is 1. The maximum absolute atomic E-state index is 12.2. The van der Waals surface area contributed by atoms with Crippen molar-refractivity contribution in [2.24, 2.45) is 7.05 Å². The summed E-state index contributed by atoms with van der Waals surface area (Å²) in [5.74, 6) is 0.537. The fourth-order valence-corrected chi connectivity index (χ4v) is 3.96. The first-order valence-electron chi connectivity index (χ1n) is 5.88. The van der Waals surface area contributed by atoms with Gasteiger partial charge in [-0.2, -0.15) is 5.10 Å². The van der Waals surface area contributed by atoms with Crippen molar-refractivity contribution in [3.05, 3.63) is 34.3 Å². The van der Waals surface area contributed by atoms with Crippen molar-refractivity contribution in [3.8, 4) is 0 Å². The Morgan fingerprint density at radius 1 is 1.33 bits per heavy atom. The average Bonchev–Trinajstić information content (AvgIpc) is 2.72. The van der Waals surface area contributed by atoms with Crippen LogP contribution < -0.4 is 10.5 Å². The first kappa shape index (κ1) is 16.0. The maximum Gasteiger partial charge on any atom is 0.243 e. The van der Waals surface area contributed by atoms with Crippen molar-refractivity contribution in [3.63, 3.8) is 0 Å². The molecule has 0 radical (unpaired) electrons. The Bertz CT molecular complexity index is 737. The Morgan fingerprint density at radius 2 is 1.95 bits per heavy atom. The summed E-state index contributed by atoms with van der Waals surface area (Å²) in [6, 6.07) is 2.67. The molecule has 10 heteroatoms. The number of halogens is 2. The van der Waals surface area contributed by atoms with E-state index in [9.17, 15) is 8.42 Å². The number of anilines is 1. The average molecular weight is 350 g/mol. The number of aryl methyl sites for hydroxylation is 1. The lowest BCUT2D eigenvalue weighted by molar-refractivity contribution is 0.581. The van der Waals surface area contributed by atoms with Gasteiger partial charge in [0.1, 0.15) is 11.2 Å². The SMILES string of the molecule is Cn1cnc(CCNS(=O)(=O)c2c(Cl)cc(N)cc2Cl)n1. The van der Waals surface area contributed by atoms with Gasteiger partial charge < -0.3 is 5.73 Å². The lowest BCUT2D eigenvalue weighted by Crippen LogP contribution is -2.27. The van der Waals surface area contributed by atoms with E-state index in [1.165, 1.54) is 23.1 Å². The molecule has 7 nitrogen and oxygen atoms in total. The van der Waals surface area contributed by atoms with Crippen molar-refractivity contribution in [2.45, 2.75) is 11.3 Å². The van der Waals surface area contributed by atoms with E-state index in [2.05, 4.69) is 14.8 Å². The molecule has 21 heavy (non-hydrogen) atoms. The molecule has 1 aromatic carbocycles. The van der Waals surface area contributed by atoms with E-state index in [1.54, 1.807) is 7.05 Å². The van der Waals surface area contributed by atoms with Crippen LogP contribution in [0.5, 0.6) is 0 Å². The second-order valence-electron chi connectivity index (χ2n) is 4.30. The summed E-state index contributed by atoms with van der Waals surface area (Å²) in [7, 11) is -2.10. The van der Waals surface area contributed by atoms with Crippen LogP contribution in [0.3, 0.4) is 0 Å². The minimum atomic E-state index is -3.83. The van der Waals surface area contributed by atoms with E-state index in [0.29, 0.717) is 17.9 Å². The monoisotopic (exact) mass is 349 g/mol. The highest BCUT2D eigenvalue weighted by Gasteiger charge is 2.22. The highest BCUT2D eigenvalue weighted by atomic mass is 35.5. The van der Waals surface area contributed by atoms with E-state index in [-0.39, 0.29) is 21.5 Å². The fourth-order valence-electron chi connectivity index (χ4n) is 1.70. The van der Waals surface area contributed by atoms with Crippen molar-refractivity contribution in [2.75, 3.05) is 12.3 Å². The number of hydrogen-bond donors (Lipinski definition) is 2. The Balaban J connectivity index is 2.12. The molecule has 2 rings (SSSR count). The highest BCUT2D eigenvalue weighted by molar-refractivity contribution is 7.89. The number of hydrogen-bond acceptors (Lipinski definition) is 5. The summed E-state index contributed by atoms with van der Waals surface area (Å²) < 4.78 is 28.4. The van der Waals surface area contributed by atoms with Gasteiger partial charge in [0.2, 0.25) is 10.0 Å². The predicted octanol–water partition coefficient (Wildman–Crippen LogP) is 1.23. The van der Waals surface area contributed by atoms with Gasteiger partial charge in [-0.25, -0.2) is 18.1 Å². The van der Waals surface area contributed by atoms with E-state index in [0.717, 1.165) is 0 Å². The molecular formula is C11H13Cl2N5O2S. The molecular weight excluding hydrogens is 337 g/mol. The molecule has 0 amide bonds. The molecule has 1 heterocycles. The molecule has 3 N–H and O–H groups in total. The van der Waals surface area contributed by atoms with Gasteiger partial charge in [-0.1, -0.05) is 23.2 Å². The minimum Gasteiger partial charge on any atom is -0.399 e. The highest BCUT2D eigenvalue weighted by Crippen LogP contribution is 2.31. The molecule has 0 atom stereocenters. The molecule has 0 aliphatic carbocycles. The van der Waals surface area contributed by atoms with E-state index >= 15 is 0 Å². The zero-order valence-corrected chi connectivity index (χ0v) is 13.4. The lowest BCUT2D eigenvalue weighted by Gasteiger charge is -2.10. The molecule has 0 spiro atoms. The molecule has 0 aliphatic heterocycles. The number of nitrogens with zero attached hydrogens (tertiary/aromatic N) is 3. The number of nitrogens with one attached hydrogen (secondary N) is 1. The van der Waals surface area contributed by atoms with Crippen LogP contribution >= 0.6 is 23.2 Å². The summed E-state index contributed by atoms with van der Waals surface area (Å²) in [5.41, 5.74) is 5.84. The Morgan fingerprint density at radius 3 is 2.48 bits per heavy atom. The van der Waals surface area contributed by atoms with Crippen LogP contribution in [0.25, 0.3) is 0 Å². The third-order valence-electron chi connectivity index (χ3n) is 2.58. The Labute approximate surface area is 132 Å². The summed E-state index contributed by atoms with van der Waals surface area (Å²) in [4.78, 5) is 3.82. The molecule has 0 unspecified atom stereocenters. The third-order valence-corrected chi connectivity index (χ3v) is 4.96. The normalized spacial score (nSPS) is 11.8. The van der Waals surface area contributed by atoms with Gasteiger partial charge in [0.15, 0.2) is 5.82 Å². The van der Waals surface area contributed by atoms with Crippen molar-refractivity contribution < 1.29 is 8.42 Å². The largest absolute Gasteiger partial charge is 0.399 e.